The van der Waals surface area contributed by atoms with Gasteiger partial charge in [0.1, 0.15) is 5.82 Å². The molecule has 2 nitrogen and oxygen atoms in total. The summed E-state index contributed by atoms with van der Waals surface area (Å²) in [5, 5.41) is 0.653. The van der Waals surface area contributed by atoms with E-state index in [1.165, 1.54) is 6.07 Å². The van der Waals surface area contributed by atoms with Crippen LogP contribution in [0.4, 0.5) is 4.39 Å². The smallest absolute Gasteiger partial charge is 0.128 e. The lowest BCUT2D eigenvalue weighted by molar-refractivity contribution is 0.559. The first kappa shape index (κ1) is 13.0. The second-order valence-electron chi connectivity index (χ2n) is 4.12. The standard InChI is InChI=1S/C14H14ClFN2/c1-9-8-10(15)6-7-11(9)14(18-17)12-4-2-3-5-13(12)16/h2-8,14,18H,17H2,1H3. The fourth-order valence-electron chi connectivity index (χ4n) is 2.02. The molecule has 1 atom stereocenters. The quantitative estimate of drug-likeness (QED) is 0.659. The van der Waals surface area contributed by atoms with Gasteiger partial charge in [0.15, 0.2) is 0 Å². The van der Waals surface area contributed by atoms with E-state index in [-0.39, 0.29) is 11.9 Å². The maximum absolute atomic E-state index is 13.8. The van der Waals surface area contributed by atoms with Crippen molar-refractivity contribution in [3.05, 3.63) is 70.0 Å². The third-order valence-corrected chi connectivity index (χ3v) is 3.16. The van der Waals surface area contributed by atoms with Crippen LogP contribution in [0.1, 0.15) is 22.7 Å². The molecule has 4 heteroatoms. The number of nitrogens with one attached hydrogen (secondary N) is 1. The third kappa shape index (κ3) is 2.53. The summed E-state index contributed by atoms with van der Waals surface area (Å²) in [7, 11) is 0. The molecule has 0 saturated carbocycles. The van der Waals surface area contributed by atoms with Crippen LogP contribution in [-0.2, 0) is 0 Å². The molecule has 0 heterocycles. The topological polar surface area (TPSA) is 38.0 Å². The number of nitrogens with two attached hydrogens (primary N) is 1. The first-order valence-electron chi connectivity index (χ1n) is 5.60. The van der Waals surface area contributed by atoms with Gasteiger partial charge >= 0.3 is 0 Å². The van der Waals surface area contributed by atoms with Crippen LogP contribution in [0.15, 0.2) is 42.5 Å². The number of hydrazine groups is 1. The van der Waals surface area contributed by atoms with Gasteiger partial charge < -0.3 is 0 Å². The number of aryl methyl sites for hydroxylation is 1. The van der Waals surface area contributed by atoms with Crippen molar-refractivity contribution in [1.29, 1.82) is 0 Å². The number of hydrogen-bond acceptors (Lipinski definition) is 2. The van der Waals surface area contributed by atoms with Crippen molar-refractivity contribution in [2.75, 3.05) is 0 Å². The highest BCUT2D eigenvalue weighted by Gasteiger charge is 2.17. The molecule has 0 saturated heterocycles. The molecule has 0 aliphatic rings. The van der Waals surface area contributed by atoms with Crippen molar-refractivity contribution in [3.8, 4) is 0 Å². The van der Waals surface area contributed by atoms with Crippen LogP contribution >= 0.6 is 11.6 Å². The van der Waals surface area contributed by atoms with Crippen molar-refractivity contribution < 1.29 is 4.39 Å². The second kappa shape index (κ2) is 5.48. The highest BCUT2D eigenvalue weighted by atomic mass is 35.5. The van der Waals surface area contributed by atoms with Crippen molar-refractivity contribution in [1.82, 2.24) is 5.43 Å². The van der Waals surface area contributed by atoms with Gasteiger partial charge in [-0.1, -0.05) is 35.9 Å². The lowest BCUT2D eigenvalue weighted by Crippen LogP contribution is -2.30. The van der Waals surface area contributed by atoms with Crippen LogP contribution in [0, 0.1) is 12.7 Å². The molecule has 0 fully saturated rings. The molecule has 0 aliphatic carbocycles. The summed E-state index contributed by atoms with van der Waals surface area (Å²) in [5.74, 6) is 5.28. The van der Waals surface area contributed by atoms with Crippen molar-refractivity contribution >= 4 is 11.6 Å². The molecule has 0 amide bonds. The van der Waals surface area contributed by atoms with E-state index in [0.29, 0.717) is 10.6 Å². The van der Waals surface area contributed by atoms with Gasteiger partial charge in [-0.05, 0) is 36.2 Å². The minimum absolute atomic E-state index is 0.283. The van der Waals surface area contributed by atoms with Crippen molar-refractivity contribution in [3.63, 3.8) is 0 Å². The Morgan fingerprint density at radius 3 is 2.50 bits per heavy atom. The average Bonchev–Trinajstić information content (AvgIpc) is 2.34. The zero-order valence-corrected chi connectivity index (χ0v) is 10.7. The summed E-state index contributed by atoms with van der Waals surface area (Å²) in [6.07, 6.45) is 0. The Balaban J connectivity index is 2.49. The van der Waals surface area contributed by atoms with E-state index in [1.807, 2.05) is 19.1 Å². The van der Waals surface area contributed by atoms with Gasteiger partial charge in [0.05, 0.1) is 6.04 Å². The summed E-state index contributed by atoms with van der Waals surface area (Å²) >= 11 is 5.92. The van der Waals surface area contributed by atoms with Crippen LogP contribution in [0.25, 0.3) is 0 Å². The molecule has 0 spiro atoms. The molecule has 2 aromatic carbocycles. The number of halogens is 2. The third-order valence-electron chi connectivity index (χ3n) is 2.93. The maximum Gasteiger partial charge on any atom is 0.128 e. The van der Waals surface area contributed by atoms with Gasteiger partial charge in [-0.2, -0.15) is 0 Å². The average molecular weight is 265 g/mol. The Morgan fingerprint density at radius 1 is 1.17 bits per heavy atom. The zero-order valence-electron chi connectivity index (χ0n) is 9.95. The van der Waals surface area contributed by atoms with Gasteiger partial charge in [0.25, 0.3) is 0 Å². The molecular formula is C14H14ClFN2. The molecule has 2 rings (SSSR count). The lowest BCUT2D eigenvalue weighted by Gasteiger charge is -2.19. The molecule has 94 valence electrons. The second-order valence-corrected chi connectivity index (χ2v) is 4.56. The molecule has 0 radical (unpaired) electrons. The van der Waals surface area contributed by atoms with Crippen LogP contribution < -0.4 is 11.3 Å². The minimum Gasteiger partial charge on any atom is -0.271 e. The first-order valence-corrected chi connectivity index (χ1v) is 5.98. The summed E-state index contributed by atoms with van der Waals surface area (Å²) in [5.41, 5.74) is 5.05. The first-order chi connectivity index (χ1) is 8.63. The van der Waals surface area contributed by atoms with Gasteiger partial charge in [-0.25, -0.2) is 9.82 Å². The number of benzene rings is 2. The zero-order chi connectivity index (χ0) is 13.1. The monoisotopic (exact) mass is 264 g/mol. The van der Waals surface area contributed by atoms with E-state index in [9.17, 15) is 4.39 Å². The Labute approximate surface area is 111 Å². The van der Waals surface area contributed by atoms with Gasteiger partial charge in [-0.15, -0.1) is 0 Å². The summed E-state index contributed by atoms with van der Waals surface area (Å²) in [6.45, 7) is 1.92. The molecular weight excluding hydrogens is 251 g/mol. The molecule has 2 aromatic rings. The molecule has 18 heavy (non-hydrogen) atoms. The van der Waals surface area contributed by atoms with E-state index in [4.69, 9.17) is 17.4 Å². The fraction of sp³-hybridized carbons (Fsp3) is 0.143. The summed E-state index contributed by atoms with van der Waals surface area (Å²) in [6, 6.07) is 11.7. The Hall–Kier alpha value is -1.42. The SMILES string of the molecule is Cc1cc(Cl)ccc1C(NN)c1ccccc1F. The predicted octanol–water partition coefficient (Wildman–Crippen LogP) is 3.34. The molecule has 0 aromatic heterocycles. The predicted molar refractivity (Wildman–Crippen MR) is 71.8 cm³/mol. The van der Waals surface area contributed by atoms with Gasteiger partial charge in [0, 0.05) is 10.6 Å². The van der Waals surface area contributed by atoms with Crippen molar-refractivity contribution in [2.24, 2.45) is 5.84 Å². The lowest BCUT2D eigenvalue weighted by atomic mass is 9.95. The van der Waals surface area contributed by atoms with E-state index < -0.39 is 0 Å². The molecule has 0 aliphatic heterocycles. The molecule has 3 N–H and O–H groups in total. The Bertz CT molecular complexity index is 557. The van der Waals surface area contributed by atoms with Crippen LogP contribution in [0.5, 0.6) is 0 Å². The minimum atomic E-state index is -0.386. The maximum atomic E-state index is 13.8. The van der Waals surface area contributed by atoms with E-state index >= 15 is 0 Å². The van der Waals surface area contributed by atoms with Crippen LogP contribution in [0.2, 0.25) is 5.02 Å². The largest absolute Gasteiger partial charge is 0.271 e. The normalized spacial score (nSPS) is 12.4. The summed E-state index contributed by atoms with van der Waals surface area (Å²) < 4.78 is 13.8. The van der Waals surface area contributed by atoms with E-state index in [2.05, 4.69) is 5.43 Å². The van der Waals surface area contributed by atoms with Crippen molar-refractivity contribution in [2.45, 2.75) is 13.0 Å². The summed E-state index contributed by atoms with van der Waals surface area (Å²) in [4.78, 5) is 0. The number of rotatable bonds is 3. The Morgan fingerprint density at radius 2 is 1.89 bits per heavy atom. The van der Waals surface area contributed by atoms with E-state index in [0.717, 1.165) is 11.1 Å². The number of hydrogen-bond donors (Lipinski definition) is 2. The van der Waals surface area contributed by atoms with Gasteiger partial charge in [-0.3, -0.25) is 5.84 Å². The fourth-order valence-corrected chi connectivity index (χ4v) is 2.25. The highest BCUT2D eigenvalue weighted by molar-refractivity contribution is 6.30. The Kier molecular flexibility index (Phi) is 3.97. The highest BCUT2D eigenvalue weighted by Crippen LogP contribution is 2.27. The van der Waals surface area contributed by atoms with Crippen LogP contribution in [0.3, 0.4) is 0 Å². The molecule has 0 bridgehead atoms. The van der Waals surface area contributed by atoms with Gasteiger partial charge in [0.2, 0.25) is 0 Å². The molecule has 1 unspecified atom stereocenters. The van der Waals surface area contributed by atoms with E-state index in [1.54, 1.807) is 24.3 Å². The van der Waals surface area contributed by atoms with Crippen LogP contribution in [-0.4, -0.2) is 0 Å².